The minimum Gasteiger partial charge on any atom is -0.491 e. The molecule has 186 valence electrons. The lowest BCUT2D eigenvalue weighted by Crippen LogP contribution is -2.34. The monoisotopic (exact) mass is 506 g/mol. The Balaban J connectivity index is 1.20. The number of H-pyrrole nitrogens is 1. The van der Waals surface area contributed by atoms with Crippen LogP contribution in [0.15, 0.2) is 18.2 Å². The summed E-state index contributed by atoms with van der Waals surface area (Å²) in [7, 11) is 0. The first-order valence-electron chi connectivity index (χ1n) is 11.5. The third kappa shape index (κ3) is 4.17. The van der Waals surface area contributed by atoms with Crippen LogP contribution in [0.25, 0.3) is 11.2 Å². The van der Waals surface area contributed by atoms with Crippen molar-refractivity contribution in [2.45, 2.75) is 43.3 Å². The third-order valence-electron chi connectivity index (χ3n) is 6.56. The number of imidazole rings is 1. The average molecular weight is 507 g/mol. The molecular weight excluding hydrogens is 483 g/mol. The van der Waals surface area contributed by atoms with Crippen LogP contribution in [-0.4, -0.2) is 76.0 Å². The number of nitrogens with zero attached hydrogens (tertiary/aromatic N) is 2. The summed E-state index contributed by atoms with van der Waals surface area (Å²) in [5.74, 6) is 0.407. The maximum absolute atomic E-state index is 14.9. The minimum absolute atomic E-state index is 0.110. The Hall–Kier alpha value is -2.70. The molecule has 12 heteroatoms. The Kier molecular flexibility index (Phi) is 5.89. The van der Waals surface area contributed by atoms with Crippen LogP contribution in [0.2, 0.25) is 5.02 Å². The Labute approximate surface area is 204 Å². The number of pyridine rings is 1. The first-order valence-corrected chi connectivity index (χ1v) is 11.8. The van der Waals surface area contributed by atoms with Gasteiger partial charge in [-0.3, -0.25) is 0 Å². The van der Waals surface area contributed by atoms with E-state index in [0.29, 0.717) is 46.2 Å². The van der Waals surface area contributed by atoms with Crippen molar-refractivity contribution in [3.05, 3.63) is 40.2 Å². The average Bonchev–Trinajstić information content (AvgIpc) is 3.59. The molecule has 0 amide bonds. The second-order valence-electron chi connectivity index (χ2n) is 8.84. The molecule has 1 unspecified atom stereocenters. The van der Waals surface area contributed by atoms with Gasteiger partial charge < -0.3 is 39.5 Å². The topological polar surface area (TPSA) is 131 Å². The molecule has 0 radical (unpaired) electrons. The molecule has 5 atom stereocenters. The Morgan fingerprint density at radius 2 is 2.06 bits per heavy atom. The van der Waals surface area contributed by atoms with E-state index in [9.17, 15) is 9.50 Å². The molecule has 2 saturated heterocycles. The number of hydrogen-bond donors (Lipinski definition) is 4. The Morgan fingerprint density at radius 3 is 2.91 bits per heavy atom. The second kappa shape index (κ2) is 9.07. The number of aliphatic hydroxyl groups excluding tert-OH is 2. The zero-order chi connectivity index (χ0) is 24.1. The van der Waals surface area contributed by atoms with Gasteiger partial charge >= 0.3 is 0 Å². The molecule has 3 aliphatic rings. The van der Waals surface area contributed by atoms with Gasteiger partial charge in [0.1, 0.15) is 42.3 Å². The van der Waals surface area contributed by atoms with Crippen LogP contribution in [0.1, 0.15) is 23.6 Å². The number of anilines is 1. The molecule has 0 spiro atoms. The van der Waals surface area contributed by atoms with Crippen LogP contribution in [0, 0.1) is 5.82 Å². The summed E-state index contributed by atoms with van der Waals surface area (Å²) in [4.78, 5) is 12.0. The zero-order valence-electron chi connectivity index (χ0n) is 18.5. The predicted octanol–water partition coefficient (Wildman–Crippen LogP) is 2.13. The zero-order valence-corrected chi connectivity index (χ0v) is 19.3. The molecule has 2 aliphatic heterocycles. The third-order valence-corrected chi connectivity index (χ3v) is 6.85. The Bertz CT molecular complexity index is 1260. The molecule has 4 heterocycles. The van der Waals surface area contributed by atoms with Crippen molar-refractivity contribution < 1.29 is 33.6 Å². The number of fused-ring (bicyclic) bond motifs is 3. The van der Waals surface area contributed by atoms with Gasteiger partial charge in [-0.2, -0.15) is 4.98 Å². The molecule has 6 rings (SSSR count). The molecular formula is C23H24ClFN4O6. The first kappa shape index (κ1) is 22.7. The van der Waals surface area contributed by atoms with E-state index in [1.807, 2.05) is 0 Å². The van der Waals surface area contributed by atoms with Gasteiger partial charge in [0.15, 0.2) is 11.8 Å². The standard InChI is InChI=1S/C23H24ClFN4O6/c24-12-7-15-22(29-23(27-15)35-17-9-34-19-16(31)8-33-20(17)19)28-21(12)26-14-2-1-10-5-11(32-4-3-30)6-13(25)18(10)14/h5-7,14,16-17,19-20,30-31H,1-4,8-9H2,(H2,26,27,28,29)/t14?,16-,17-,19-,20-/m1/s1. The molecule has 4 N–H and O–H groups in total. The number of aliphatic hydroxyl groups is 2. The summed E-state index contributed by atoms with van der Waals surface area (Å²) >= 11 is 6.48. The van der Waals surface area contributed by atoms with E-state index in [1.165, 1.54) is 6.07 Å². The fraction of sp³-hybridized carbons (Fsp3) is 0.478. The number of benzene rings is 1. The van der Waals surface area contributed by atoms with Crippen molar-refractivity contribution in [2.24, 2.45) is 0 Å². The van der Waals surface area contributed by atoms with Crippen LogP contribution < -0.4 is 14.8 Å². The van der Waals surface area contributed by atoms with Gasteiger partial charge in [0, 0.05) is 11.6 Å². The highest BCUT2D eigenvalue weighted by molar-refractivity contribution is 6.33. The molecule has 2 fully saturated rings. The van der Waals surface area contributed by atoms with E-state index in [-0.39, 0.29) is 50.4 Å². The summed E-state index contributed by atoms with van der Waals surface area (Å²) in [6.07, 6.45) is -0.503. The minimum atomic E-state index is -0.663. The summed E-state index contributed by atoms with van der Waals surface area (Å²) < 4.78 is 37.4. The highest BCUT2D eigenvalue weighted by Gasteiger charge is 2.48. The second-order valence-corrected chi connectivity index (χ2v) is 9.24. The number of ether oxygens (including phenoxy) is 4. The van der Waals surface area contributed by atoms with Gasteiger partial charge in [0.2, 0.25) is 0 Å². The molecule has 10 nitrogen and oxygen atoms in total. The van der Waals surface area contributed by atoms with E-state index < -0.39 is 18.3 Å². The van der Waals surface area contributed by atoms with Crippen molar-refractivity contribution >= 4 is 28.6 Å². The normalized spacial score (nSPS) is 27.3. The maximum atomic E-state index is 14.9. The lowest BCUT2D eigenvalue weighted by atomic mass is 10.1. The van der Waals surface area contributed by atoms with E-state index in [2.05, 4.69) is 20.3 Å². The number of rotatable bonds is 7. The number of nitrogens with one attached hydrogen (secondary N) is 2. The van der Waals surface area contributed by atoms with Crippen molar-refractivity contribution in [1.82, 2.24) is 15.0 Å². The summed E-state index contributed by atoms with van der Waals surface area (Å²) in [6, 6.07) is 4.75. The van der Waals surface area contributed by atoms with Crippen molar-refractivity contribution in [2.75, 3.05) is 31.7 Å². The Morgan fingerprint density at radius 1 is 1.20 bits per heavy atom. The molecule has 2 aromatic heterocycles. The molecule has 0 bridgehead atoms. The van der Waals surface area contributed by atoms with E-state index in [1.54, 1.807) is 12.1 Å². The van der Waals surface area contributed by atoms with Crippen LogP contribution in [0.4, 0.5) is 10.2 Å². The van der Waals surface area contributed by atoms with Crippen molar-refractivity contribution in [1.29, 1.82) is 0 Å². The van der Waals surface area contributed by atoms with Gasteiger partial charge in [-0.25, -0.2) is 9.37 Å². The smallest absolute Gasteiger partial charge is 0.296 e. The molecule has 0 saturated carbocycles. The van der Waals surface area contributed by atoms with Crippen LogP contribution >= 0.6 is 11.6 Å². The van der Waals surface area contributed by atoms with Gasteiger partial charge in [-0.05, 0) is 30.5 Å². The van der Waals surface area contributed by atoms with Gasteiger partial charge in [-0.1, -0.05) is 11.6 Å². The summed E-state index contributed by atoms with van der Waals surface area (Å²) in [6.45, 7) is 0.466. The van der Waals surface area contributed by atoms with E-state index in [0.717, 1.165) is 5.56 Å². The molecule has 3 aromatic rings. The number of aryl methyl sites for hydroxylation is 1. The van der Waals surface area contributed by atoms with Gasteiger partial charge in [0.25, 0.3) is 6.01 Å². The number of aromatic amines is 1. The number of halogens is 2. The first-order chi connectivity index (χ1) is 17.0. The van der Waals surface area contributed by atoms with Crippen LogP contribution in [0.5, 0.6) is 11.8 Å². The number of hydrogen-bond acceptors (Lipinski definition) is 9. The van der Waals surface area contributed by atoms with E-state index >= 15 is 0 Å². The highest BCUT2D eigenvalue weighted by atomic mass is 35.5. The summed E-state index contributed by atoms with van der Waals surface area (Å²) in [5.41, 5.74) is 2.38. The maximum Gasteiger partial charge on any atom is 0.296 e. The van der Waals surface area contributed by atoms with Crippen molar-refractivity contribution in [3.8, 4) is 11.8 Å². The molecule has 1 aromatic carbocycles. The van der Waals surface area contributed by atoms with Gasteiger partial charge in [-0.15, -0.1) is 0 Å². The lowest BCUT2D eigenvalue weighted by molar-refractivity contribution is 0.00706. The summed E-state index contributed by atoms with van der Waals surface area (Å²) in [5, 5.41) is 22.4. The fourth-order valence-electron chi connectivity index (χ4n) is 4.99. The lowest BCUT2D eigenvalue weighted by Gasteiger charge is -2.17. The highest BCUT2D eigenvalue weighted by Crippen LogP contribution is 2.39. The van der Waals surface area contributed by atoms with Crippen molar-refractivity contribution in [3.63, 3.8) is 0 Å². The molecule has 1 aliphatic carbocycles. The largest absolute Gasteiger partial charge is 0.491 e. The van der Waals surface area contributed by atoms with Crippen LogP contribution in [0.3, 0.4) is 0 Å². The predicted molar refractivity (Wildman–Crippen MR) is 122 cm³/mol. The fourth-order valence-corrected chi connectivity index (χ4v) is 5.19. The quantitative estimate of drug-likeness (QED) is 0.380. The van der Waals surface area contributed by atoms with Gasteiger partial charge in [0.05, 0.1) is 36.4 Å². The molecule has 35 heavy (non-hydrogen) atoms. The van der Waals surface area contributed by atoms with E-state index in [4.69, 9.17) is 35.7 Å². The van der Waals surface area contributed by atoms with Crippen LogP contribution in [-0.2, 0) is 15.9 Å². The SMILES string of the molecule is OCCOc1cc(F)c2c(c1)CCC2Nc1nc2nc(O[C@@H]3CO[C@H]4[C@@H]3OC[C@H]4O)[nH]c2cc1Cl. The number of aromatic nitrogens is 3.